The van der Waals surface area contributed by atoms with E-state index in [2.05, 4.69) is 41.7 Å². The molecule has 1 aromatic rings. The van der Waals surface area contributed by atoms with Crippen molar-refractivity contribution in [2.24, 2.45) is 16.3 Å². The molecule has 26 heavy (non-hydrogen) atoms. The molecule has 2 unspecified atom stereocenters. The van der Waals surface area contributed by atoms with Crippen LogP contribution in [0.2, 0.25) is 0 Å². The number of amides is 1. The van der Waals surface area contributed by atoms with Crippen LogP contribution in [-0.4, -0.2) is 44.7 Å². The molecule has 0 radical (unpaired) electrons. The highest BCUT2D eigenvalue weighted by Gasteiger charge is 2.35. The lowest BCUT2D eigenvalue weighted by Gasteiger charge is -2.40. The molecule has 3 N–H and O–H groups in total. The van der Waals surface area contributed by atoms with Crippen molar-refractivity contribution < 1.29 is 9.53 Å². The van der Waals surface area contributed by atoms with Gasteiger partial charge in [0.25, 0.3) is 0 Å². The zero-order valence-electron chi connectivity index (χ0n) is 16.3. The molecule has 6 nitrogen and oxygen atoms in total. The highest BCUT2D eigenvalue weighted by Crippen LogP contribution is 2.33. The summed E-state index contributed by atoms with van der Waals surface area (Å²) in [6.45, 7) is 8.44. The van der Waals surface area contributed by atoms with Gasteiger partial charge in [-0.05, 0) is 30.4 Å². The number of ether oxygens (including phenoxy) is 1. The Bertz CT molecular complexity index is 596. The van der Waals surface area contributed by atoms with Gasteiger partial charge in [-0.1, -0.05) is 39.0 Å². The van der Waals surface area contributed by atoms with Gasteiger partial charge in [-0.15, -0.1) is 0 Å². The second kappa shape index (κ2) is 9.57. The Balaban J connectivity index is 1.79. The lowest BCUT2D eigenvalue weighted by atomic mass is 9.78. The summed E-state index contributed by atoms with van der Waals surface area (Å²) >= 11 is 0. The van der Waals surface area contributed by atoms with Crippen LogP contribution in [0.15, 0.2) is 35.3 Å². The predicted octanol–water partition coefficient (Wildman–Crippen LogP) is 2.63. The van der Waals surface area contributed by atoms with Crippen molar-refractivity contribution in [3.8, 4) is 0 Å². The van der Waals surface area contributed by atoms with Gasteiger partial charge in [-0.25, -0.2) is 0 Å². The molecule has 0 aliphatic carbocycles. The lowest BCUT2D eigenvalue weighted by Crippen LogP contribution is -2.48. The molecule has 2 atom stereocenters. The monoisotopic (exact) mass is 360 g/mol. The topological polar surface area (TPSA) is 74.8 Å². The second-order valence-corrected chi connectivity index (χ2v) is 7.78. The maximum atomic E-state index is 12.0. The van der Waals surface area contributed by atoms with E-state index in [1.807, 2.05) is 30.3 Å². The highest BCUT2D eigenvalue weighted by atomic mass is 16.5. The van der Waals surface area contributed by atoms with Crippen LogP contribution < -0.4 is 16.0 Å². The number of aliphatic imine (C=N–C) groups is 1. The van der Waals surface area contributed by atoms with E-state index in [-0.39, 0.29) is 24.0 Å². The maximum absolute atomic E-state index is 12.0. The van der Waals surface area contributed by atoms with Gasteiger partial charge in [0.1, 0.15) is 0 Å². The van der Waals surface area contributed by atoms with Gasteiger partial charge < -0.3 is 20.7 Å². The summed E-state index contributed by atoms with van der Waals surface area (Å²) in [6.07, 6.45) is 2.45. The standard InChI is InChI=1S/C20H32N4O2/c1-20(2,3)18-15(9-8-12-26-18)13-22-19(21-4)23-14-17(25)24-16-10-6-5-7-11-16/h5-7,10-11,15,18H,8-9,12-14H2,1-4H3,(H,24,25)(H2,21,22,23). The summed E-state index contributed by atoms with van der Waals surface area (Å²) in [5, 5.41) is 9.26. The van der Waals surface area contributed by atoms with E-state index in [0.717, 1.165) is 31.7 Å². The van der Waals surface area contributed by atoms with E-state index in [0.29, 0.717) is 11.9 Å². The highest BCUT2D eigenvalue weighted by molar-refractivity contribution is 5.94. The third-order valence-corrected chi connectivity index (χ3v) is 4.53. The minimum Gasteiger partial charge on any atom is -0.377 e. The van der Waals surface area contributed by atoms with Gasteiger partial charge in [0.15, 0.2) is 5.96 Å². The van der Waals surface area contributed by atoms with Gasteiger partial charge in [0, 0.05) is 31.8 Å². The number of nitrogens with one attached hydrogen (secondary N) is 3. The maximum Gasteiger partial charge on any atom is 0.243 e. The van der Waals surface area contributed by atoms with Crippen LogP contribution in [-0.2, 0) is 9.53 Å². The summed E-state index contributed by atoms with van der Waals surface area (Å²) < 4.78 is 6.02. The van der Waals surface area contributed by atoms with Crippen LogP contribution in [0.3, 0.4) is 0 Å². The average molecular weight is 361 g/mol. The van der Waals surface area contributed by atoms with E-state index < -0.39 is 0 Å². The van der Waals surface area contributed by atoms with Crippen molar-refractivity contribution in [1.82, 2.24) is 10.6 Å². The number of benzene rings is 1. The molecular weight excluding hydrogens is 328 g/mol. The van der Waals surface area contributed by atoms with Crippen molar-refractivity contribution >= 4 is 17.6 Å². The van der Waals surface area contributed by atoms with Crippen molar-refractivity contribution in [2.75, 3.05) is 32.1 Å². The third kappa shape index (κ3) is 6.33. The minimum absolute atomic E-state index is 0.104. The van der Waals surface area contributed by atoms with E-state index in [1.54, 1.807) is 7.05 Å². The Morgan fingerprint density at radius 3 is 2.62 bits per heavy atom. The number of anilines is 1. The first-order chi connectivity index (χ1) is 12.4. The summed E-state index contributed by atoms with van der Waals surface area (Å²) in [5.74, 6) is 0.958. The zero-order valence-corrected chi connectivity index (χ0v) is 16.3. The van der Waals surface area contributed by atoms with Crippen LogP contribution in [0.1, 0.15) is 33.6 Å². The molecule has 0 spiro atoms. The molecule has 144 valence electrons. The van der Waals surface area contributed by atoms with Crippen molar-refractivity contribution in [3.05, 3.63) is 30.3 Å². The van der Waals surface area contributed by atoms with E-state index >= 15 is 0 Å². The van der Waals surface area contributed by atoms with Crippen LogP contribution in [0, 0.1) is 11.3 Å². The number of nitrogens with zero attached hydrogens (tertiary/aromatic N) is 1. The molecule has 2 rings (SSSR count). The molecule has 0 saturated carbocycles. The Hall–Kier alpha value is -2.08. The first-order valence-corrected chi connectivity index (χ1v) is 9.31. The molecule has 0 aromatic heterocycles. The molecule has 1 heterocycles. The molecule has 1 aliphatic rings. The number of rotatable bonds is 5. The van der Waals surface area contributed by atoms with Crippen LogP contribution in [0.5, 0.6) is 0 Å². The molecule has 0 bridgehead atoms. The van der Waals surface area contributed by atoms with Crippen molar-refractivity contribution in [2.45, 2.75) is 39.7 Å². The second-order valence-electron chi connectivity index (χ2n) is 7.78. The largest absolute Gasteiger partial charge is 0.377 e. The van der Waals surface area contributed by atoms with E-state index in [9.17, 15) is 4.79 Å². The SMILES string of the molecule is CN=C(NCC(=O)Nc1ccccc1)NCC1CCCOC1C(C)(C)C. The fraction of sp³-hybridized carbons (Fsp3) is 0.600. The average Bonchev–Trinajstić information content (AvgIpc) is 2.62. The minimum atomic E-state index is -0.104. The molecule has 1 aromatic carbocycles. The van der Waals surface area contributed by atoms with Gasteiger partial charge in [0.05, 0.1) is 12.6 Å². The fourth-order valence-electron chi connectivity index (χ4n) is 3.35. The molecular formula is C20H32N4O2. The summed E-state index contributed by atoms with van der Waals surface area (Å²) in [7, 11) is 1.71. The van der Waals surface area contributed by atoms with Crippen LogP contribution in [0.4, 0.5) is 5.69 Å². The quantitative estimate of drug-likeness (QED) is 0.557. The molecule has 1 fully saturated rings. The van der Waals surface area contributed by atoms with E-state index in [4.69, 9.17) is 4.74 Å². The smallest absolute Gasteiger partial charge is 0.243 e. The fourth-order valence-corrected chi connectivity index (χ4v) is 3.35. The summed E-state index contributed by atoms with van der Waals surface area (Å²) in [4.78, 5) is 16.3. The van der Waals surface area contributed by atoms with Crippen molar-refractivity contribution in [1.29, 1.82) is 0 Å². The molecule has 6 heteroatoms. The molecule has 1 aliphatic heterocycles. The number of carbonyl (C=O) groups is 1. The Morgan fingerprint density at radius 1 is 1.23 bits per heavy atom. The Labute approximate surface area is 156 Å². The number of hydrogen-bond donors (Lipinski definition) is 3. The van der Waals surface area contributed by atoms with E-state index in [1.165, 1.54) is 0 Å². The molecule has 1 saturated heterocycles. The van der Waals surface area contributed by atoms with Crippen LogP contribution >= 0.6 is 0 Å². The lowest BCUT2D eigenvalue weighted by molar-refractivity contribution is -0.115. The Morgan fingerprint density at radius 2 is 1.96 bits per heavy atom. The summed E-state index contributed by atoms with van der Waals surface area (Å²) in [6, 6.07) is 9.42. The first-order valence-electron chi connectivity index (χ1n) is 9.31. The number of para-hydroxylation sites is 1. The first kappa shape index (κ1) is 20.2. The summed E-state index contributed by atoms with van der Waals surface area (Å²) in [5.41, 5.74) is 0.897. The van der Waals surface area contributed by atoms with Gasteiger partial charge in [-0.2, -0.15) is 0 Å². The third-order valence-electron chi connectivity index (χ3n) is 4.53. The van der Waals surface area contributed by atoms with Gasteiger partial charge >= 0.3 is 0 Å². The zero-order chi connectivity index (χ0) is 19.0. The number of guanidine groups is 1. The number of hydrogen-bond acceptors (Lipinski definition) is 3. The van der Waals surface area contributed by atoms with Crippen LogP contribution in [0.25, 0.3) is 0 Å². The van der Waals surface area contributed by atoms with Gasteiger partial charge in [0.2, 0.25) is 5.91 Å². The van der Waals surface area contributed by atoms with Gasteiger partial charge in [-0.3, -0.25) is 9.79 Å². The number of carbonyl (C=O) groups excluding carboxylic acids is 1. The Kier molecular flexibility index (Phi) is 7.45. The molecule has 1 amide bonds. The van der Waals surface area contributed by atoms with Crippen molar-refractivity contribution in [3.63, 3.8) is 0 Å². The predicted molar refractivity (Wildman–Crippen MR) is 106 cm³/mol. The normalized spacial score (nSPS) is 21.2.